The smallest absolute Gasteiger partial charge is 0.0494 e. The first-order chi connectivity index (χ1) is 25.2. The number of benzene rings is 6. The van der Waals surface area contributed by atoms with Crippen molar-refractivity contribution in [3.8, 4) is 39.1 Å². The standard InChI is InChI=1S/C49H40N2/c1-35-16-33-47-46-14-8-9-15-48(46)51(49(47)34-35)45-31-23-41(24-32-45)40-21-29-44(30-22-40)50(42-25-17-38(18-26-42)36-10-4-2-5-11-36)43-27-19-39(20-28-43)37-12-6-3-7-13-37/h2-7,9-13,15-33,35H,8,14,34H2,1H3. The number of nitrogens with zero attached hydrogens (tertiary/aromatic N) is 2. The third-order valence-electron chi connectivity index (χ3n) is 10.4. The van der Waals surface area contributed by atoms with Crippen LogP contribution in [0.5, 0.6) is 0 Å². The average molecular weight is 657 g/mol. The lowest BCUT2D eigenvalue weighted by atomic mass is 9.91. The van der Waals surface area contributed by atoms with Gasteiger partial charge in [-0.05, 0) is 124 Å². The van der Waals surface area contributed by atoms with Crippen LogP contribution in [0.15, 0.2) is 170 Å². The number of anilines is 3. The zero-order chi connectivity index (χ0) is 34.1. The molecule has 1 unspecified atom stereocenters. The Bertz CT molecular complexity index is 2260. The van der Waals surface area contributed by atoms with Crippen LogP contribution in [-0.4, -0.2) is 4.57 Å². The molecule has 1 atom stereocenters. The summed E-state index contributed by atoms with van der Waals surface area (Å²) in [6.45, 7) is 2.32. The topological polar surface area (TPSA) is 8.17 Å². The van der Waals surface area contributed by atoms with E-state index in [0.717, 1.165) is 36.3 Å². The van der Waals surface area contributed by atoms with Gasteiger partial charge in [0.05, 0.1) is 0 Å². The summed E-state index contributed by atoms with van der Waals surface area (Å²) in [5.41, 5.74) is 17.6. The van der Waals surface area contributed by atoms with E-state index in [4.69, 9.17) is 0 Å². The molecule has 0 bridgehead atoms. The molecule has 2 nitrogen and oxygen atoms in total. The van der Waals surface area contributed by atoms with Crippen LogP contribution in [0.4, 0.5) is 17.1 Å². The lowest BCUT2D eigenvalue weighted by molar-refractivity contribution is 0.686. The number of hydrogen-bond donors (Lipinski definition) is 0. The number of allylic oxidation sites excluding steroid dienone is 2. The zero-order valence-corrected chi connectivity index (χ0v) is 28.9. The van der Waals surface area contributed by atoms with E-state index in [-0.39, 0.29) is 0 Å². The van der Waals surface area contributed by atoms with E-state index < -0.39 is 0 Å². The van der Waals surface area contributed by atoms with E-state index in [2.05, 4.69) is 198 Å². The maximum Gasteiger partial charge on any atom is 0.0494 e. The van der Waals surface area contributed by atoms with E-state index in [9.17, 15) is 0 Å². The van der Waals surface area contributed by atoms with Gasteiger partial charge in [0.2, 0.25) is 0 Å². The lowest BCUT2D eigenvalue weighted by Crippen LogP contribution is -2.10. The van der Waals surface area contributed by atoms with E-state index in [1.165, 1.54) is 61.6 Å². The van der Waals surface area contributed by atoms with Gasteiger partial charge in [-0.3, -0.25) is 0 Å². The molecule has 1 heterocycles. The summed E-state index contributed by atoms with van der Waals surface area (Å²) >= 11 is 0. The largest absolute Gasteiger partial charge is 0.313 e. The van der Waals surface area contributed by atoms with Crippen molar-refractivity contribution in [1.82, 2.24) is 4.57 Å². The number of fused-ring (bicyclic) bond motifs is 3. The fraction of sp³-hybridized carbons (Fsp3) is 0.102. The number of aromatic nitrogens is 1. The second-order valence-corrected chi connectivity index (χ2v) is 13.8. The highest BCUT2D eigenvalue weighted by Gasteiger charge is 2.25. The molecule has 2 aliphatic carbocycles. The minimum atomic E-state index is 0.553. The fourth-order valence-corrected chi connectivity index (χ4v) is 7.82. The maximum absolute atomic E-state index is 2.51. The molecule has 7 aromatic rings. The van der Waals surface area contributed by atoms with E-state index in [0.29, 0.717) is 5.92 Å². The fourth-order valence-electron chi connectivity index (χ4n) is 7.82. The molecule has 0 saturated carbocycles. The van der Waals surface area contributed by atoms with Crippen LogP contribution in [0.25, 0.3) is 51.2 Å². The van der Waals surface area contributed by atoms with Gasteiger partial charge in [-0.1, -0.05) is 134 Å². The Morgan fingerprint density at radius 3 is 1.45 bits per heavy atom. The second-order valence-electron chi connectivity index (χ2n) is 13.8. The third kappa shape index (κ3) is 5.93. The Morgan fingerprint density at radius 1 is 0.510 bits per heavy atom. The monoisotopic (exact) mass is 656 g/mol. The summed E-state index contributed by atoms with van der Waals surface area (Å²) in [6.07, 6.45) is 12.7. The summed E-state index contributed by atoms with van der Waals surface area (Å²) in [5, 5.41) is 0. The summed E-state index contributed by atoms with van der Waals surface area (Å²) in [7, 11) is 0. The minimum absolute atomic E-state index is 0.553. The molecule has 0 N–H and O–H groups in total. The van der Waals surface area contributed by atoms with Crippen molar-refractivity contribution >= 4 is 29.2 Å². The van der Waals surface area contributed by atoms with Crippen LogP contribution >= 0.6 is 0 Å². The van der Waals surface area contributed by atoms with Crippen molar-refractivity contribution < 1.29 is 0 Å². The molecule has 1 aromatic heterocycles. The summed E-state index contributed by atoms with van der Waals surface area (Å²) in [4.78, 5) is 2.34. The second kappa shape index (κ2) is 13.3. The predicted molar refractivity (Wildman–Crippen MR) is 216 cm³/mol. The van der Waals surface area contributed by atoms with Gasteiger partial charge in [-0.25, -0.2) is 0 Å². The average Bonchev–Trinajstić information content (AvgIpc) is 3.53. The summed E-state index contributed by atoms with van der Waals surface area (Å²) < 4.78 is 2.51. The molecule has 2 heteroatoms. The van der Waals surface area contributed by atoms with E-state index in [1.807, 2.05) is 0 Å². The van der Waals surface area contributed by atoms with Gasteiger partial charge in [-0.15, -0.1) is 0 Å². The van der Waals surface area contributed by atoms with Crippen LogP contribution in [-0.2, 0) is 12.8 Å². The highest BCUT2D eigenvalue weighted by atomic mass is 15.1. The third-order valence-corrected chi connectivity index (χ3v) is 10.4. The van der Waals surface area contributed by atoms with E-state index >= 15 is 0 Å². The first-order valence-electron chi connectivity index (χ1n) is 18.1. The van der Waals surface area contributed by atoms with Gasteiger partial charge in [0.15, 0.2) is 0 Å². The Morgan fingerprint density at radius 2 is 0.961 bits per heavy atom. The van der Waals surface area contributed by atoms with Crippen molar-refractivity contribution in [3.63, 3.8) is 0 Å². The molecule has 0 spiro atoms. The van der Waals surface area contributed by atoms with Gasteiger partial charge < -0.3 is 9.47 Å². The van der Waals surface area contributed by atoms with Crippen molar-refractivity contribution in [2.75, 3.05) is 4.90 Å². The Hall–Kier alpha value is -6.12. The molecule has 9 rings (SSSR count). The number of rotatable bonds is 7. The van der Waals surface area contributed by atoms with Crippen LogP contribution in [0.2, 0.25) is 0 Å². The first-order valence-corrected chi connectivity index (χ1v) is 18.1. The zero-order valence-electron chi connectivity index (χ0n) is 28.9. The van der Waals surface area contributed by atoms with Gasteiger partial charge in [0.1, 0.15) is 0 Å². The van der Waals surface area contributed by atoms with Gasteiger partial charge in [0, 0.05) is 34.1 Å². The molecule has 0 aliphatic heterocycles. The molecule has 6 aromatic carbocycles. The highest BCUT2D eigenvalue weighted by Crippen LogP contribution is 2.39. The Balaban J connectivity index is 1.04. The number of hydrogen-bond acceptors (Lipinski definition) is 1. The van der Waals surface area contributed by atoms with E-state index in [1.54, 1.807) is 0 Å². The van der Waals surface area contributed by atoms with Crippen LogP contribution in [0, 0.1) is 5.92 Å². The molecule has 2 aliphatic rings. The SMILES string of the molecule is CC1C=Cc2c3c(n(-c4ccc(-c5ccc(N(c6ccc(-c7ccccc7)cc6)c6ccc(-c7ccccc7)cc6)cc5)cc4)c2C1)C=CCC3. The molecule has 246 valence electrons. The molecule has 0 radical (unpaired) electrons. The van der Waals surface area contributed by atoms with Crippen molar-refractivity contribution in [1.29, 1.82) is 0 Å². The van der Waals surface area contributed by atoms with Gasteiger partial charge in [0.25, 0.3) is 0 Å². The van der Waals surface area contributed by atoms with Crippen molar-refractivity contribution in [3.05, 3.63) is 192 Å². The molecular weight excluding hydrogens is 617 g/mol. The predicted octanol–water partition coefficient (Wildman–Crippen LogP) is 13.1. The van der Waals surface area contributed by atoms with Gasteiger partial charge in [-0.2, -0.15) is 0 Å². The van der Waals surface area contributed by atoms with Crippen LogP contribution in [0.3, 0.4) is 0 Å². The Kier molecular flexibility index (Phi) is 8.06. The molecule has 51 heavy (non-hydrogen) atoms. The summed E-state index contributed by atoms with van der Waals surface area (Å²) in [5.74, 6) is 0.553. The molecular formula is C49H40N2. The normalized spacial score (nSPS) is 14.6. The molecule has 0 saturated heterocycles. The highest BCUT2D eigenvalue weighted by molar-refractivity contribution is 5.81. The maximum atomic E-state index is 2.51. The van der Waals surface area contributed by atoms with Crippen molar-refractivity contribution in [2.24, 2.45) is 5.92 Å². The molecule has 0 fully saturated rings. The first kappa shape index (κ1) is 30.9. The molecule has 0 amide bonds. The van der Waals surface area contributed by atoms with Crippen LogP contribution < -0.4 is 4.90 Å². The lowest BCUT2D eigenvalue weighted by Gasteiger charge is -2.26. The van der Waals surface area contributed by atoms with Crippen molar-refractivity contribution in [2.45, 2.75) is 26.2 Å². The Labute approximate surface area is 301 Å². The summed E-state index contributed by atoms with van der Waals surface area (Å²) in [6, 6.07) is 57.1. The van der Waals surface area contributed by atoms with Gasteiger partial charge >= 0.3 is 0 Å². The van der Waals surface area contributed by atoms with Crippen LogP contribution in [0.1, 0.15) is 35.9 Å². The quantitative estimate of drug-likeness (QED) is 0.166. The minimum Gasteiger partial charge on any atom is -0.313 e.